The molecule has 0 radical (unpaired) electrons. The number of aryl methyl sites for hydroxylation is 1. The lowest BCUT2D eigenvalue weighted by Gasteiger charge is -2.19. The molecule has 0 saturated heterocycles. The summed E-state index contributed by atoms with van der Waals surface area (Å²) < 4.78 is 0. The van der Waals surface area contributed by atoms with Crippen LogP contribution >= 0.6 is 0 Å². The summed E-state index contributed by atoms with van der Waals surface area (Å²) in [5, 5.41) is 15.8. The van der Waals surface area contributed by atoms with Crippen molar-refractivity contribution in [1.82, 2.24) is 4.98 Å². The van der Waals surface area contributed by atoms with Crippen LogP contribution in [0.1, 0.15) is 11.1 Å². The van der Waals surface area contributed by atoms with Gasteiger partial charge in [0.1, 0.15) is 5.82 Å². The summed E-state index contributed by atoms with van der Waals surface area (Å²) in [5.41, 5.74) is 11.8. The number of rotatable bonds is 1. The second-order valence-corrected chi connectivity index (χ2v) is 6.20. The zero-order valence-electron chi connectivity index (χ0n) is 14.7. The monoisotopic (exact) mass is 365 g/mol. The Morgan fingerprint density at radius 3 is 2.44 bits per heavy atom. The van der Waals surface area contributed by atoms with Gasteiger partial charge in [0.15, 0.2) is 0 Å². The van der Waals surface area contributed by atoms with Gasteiger partial charge < -0.3 is 20.8 Å². The first-order chi connectivity index (χ1) is 12.9. The van der Waals surface area contributed by atoms with Crippen molar-refractivity contribution in [3.05, 3.63) is 59.7 Å². The molecule has 138 valence electrons. The summed E-state index contributed by atoms with van der Waals surface area (Å²) in [7, 11) is 0. The minimum Gasteiger partial charge on any atom is -0.473 e. The van der Waals surface area contributed by atoms with Gasteiger partial charge >= 0.3 is 11.9 Å². The Hall–Kier alpha value is -3.61. The van der Waals surface area contributed by atoms with Crippen LogP contribution < -0.4 is 10.6 Å². The van der Waals surface area contributed by atoms with Crippen LogP contribution in [0.5, 0.6) is 0 Å². The van der Waals surface area contributed by atoms with Gasteiger partial charge in [-0.05, 0) is 37.1 Å². The van der Waals surface area contributed by atoms with Crippen LogP contribution in [0.15, 0.2) is 48.5 Å². The summed E-state index contributed by atoms with van der Waals surface area (Å²) in [6, 6.07) is 16.6. The number of pyridine rings is 1. The van der Waals surface area contributed by atoms with E-state index in [1.165, 1.54) is 16.8 Å². The number of para-hydroxylation sites is 1. The quantitative estimate of drug-likeness (QED) is 0.568. The molecular formula is C20H19N3O4. The number of aliphatic carboxylic acids is 2. The molecule has 1 aromatic heterocycles. The van der Waals surface area contributed by atoms with Crippen molar-refractivity contribution in [2.24, 2.45) is 0 Å². The van der Waals surface area contributed by atoms with Crippen molar-refractivity contribution >= 4 is 40.0 Å². The minimum atomic E-state index is -1.82. The molecule has 2 heterocycles. The Morgan fingerprint density at radius 1 is 1.07 bits per heavy atom. The molecular weight excluding hydrogens is 346 g/mol. The molecule has 7 heteroatoms. The molecule has 27 heavy (non-hydrogen) atoms. The molecule has 0 aliphatic carbocycles. The topological polar surface area (TPSA) is 117 Å². The molecule has 1 aliphatic rings. The third kappa shape index (κ3) is 3.67. The van der Waals surface area contributed by atoms with E-state index in [4.69, 9.17) is 30.5 Å². The van der Waals surface area contributed by atoms with E-state index in [0.29, 0.717) is 0 Å². The normalized spacial score (nSPS) is 12.3. The van der Waals surface area contributed by atoms with Crippen molar-refractivity contribution in [1.29, 1.82) is 0 Å². The van der Waals surface area contributed by atoms with Crippen molar-refractivity contribution in [3.63, 3.8) is 0 Å². The Morgan fingerprint density at radius 2 is 1.78 bits per heavy atom. The number of nitrogen functional groups attached to an aromatic ring is 1. The molecule has 1 aliphatic heterocycles. The van der Waals surface area contributed by atoms with Crippen molar-refractivity contribution in [3.8, 4) is 0 Å². The number of nitrogens with zero attached hydrogens (tertiary/aromatic N) is 2. The first-order valence-corrected chi connectivity index (χ1v) is 8.36. The van der Waals surface area contributed by atoms with E-state index in [1.54, 1.807) is 0 Å². The second kappa shape index (κ2) is 7.33. The molecule has 3 aromatic rings. The number of hydrogen-bond acceptors (Lipinski definition) is 5. The maximum absolute atomic E-state index is 9.10. The number of carboxylic acids is 2. The molecule has 0 amide bonds. The van der Waals surface area contributed by atoms with E-state index in [-0.39, 0.29) is 0 Å². The third-order valence-electron chi connectivity index (χ3n) is 4.35. The number of benzene rings is 2. The molecule has 0 atom stereocenters. The summed E-state index contributed by atoms with van der Waals surface area (Å²) in [5.74, 6) is -2.64. The Bertz CT molecular complexity index is 1020. The summed E-state index contributed by atoms with van der Waals surface area (Å²) >= 11 is 0. The lowest BCUT2D eigenvalue weighted by molar-refractivity contribution is -0.159. The maximum atomic E-state index is 9.10. The van der Waals surface area contributed by atoms with Gasteiger partial charge in [-0.3, -0.25) is 0 Å². The van der Waals surface area contributed by atoms with Gasteiger partial charge in [0, 0.05) is 28.9 Å². The van der Waals surface area contributed by atoms with E-state index in [2.05, 4.69) is 36.1 Å². The lowest BCUT2D eigenvalue weighted by atomic mass is 10.1. The smallest absolute Gasteiger partial charge is 0.414 e. The fourth-order valence-electron chi connectivity index (χ4n) is 3.11. The van der Waals surface area contributed by atoms with Crippen LogP contribution in [-0.2, 0) is 16.0 Å². The third-order valence-corrected chi connectivity index (χ3v) is 4.35. The largest absolute Gasteiger partial charge is 0.473 e. The molecule has 4 N–H and O–H groups in total. The number of anilines is 3. The van der Waals surface area contributed by atoms with Gasteiger partial charge in [0.2, 0.25) is 0 Å². The molecule has 2 aromatic carbocycles. The van der Waals surface area contributed by atoms with Gasteiger partial charge in [0.25, 0.3) is 0 Å². The van der Waals surface area contributed by atoms with E-state index >= 15 is 0 Å². The number of hydrogen-bond donors (Lipinski definition) is 3. The van der Waals surface area contributed by atoms with Crippen LogP contribution in [-0.4, -0.2) is 33.7 Å². The Balaban J connectivity index is 0.000000307. The fourth-order valence-corrected chi connectivity index (χ4v) is 3.11. The molecule has 0 bridgehead atoms. The number of carboxylic acid groups (broad SMARTS) is 2. The minimum absolute atomic E-state index is 0.880. The SMILES string of the molecule is Cc1cccc(N2CCc3c2nc2ccccc2c3N)c1.O=C(O)C(=O)O. The zero-order valence-corrected chi connectivity index (χ0v) is 14.7. The summed E-state index contributed by atoms with van der Waals surface area (Å²) in [4.78, 5) is 25.3. The van der Waals surface area contributed by atoms with Crippen LogP contribution in [0.2, 0.25) is 0 Å². The maximum Gasteiger partial charge on any atom is 0.414 e. The first kappa shape index (κ1) is 18.2. The molecule has 0 unspecified atom stereocenters. The Labute approximate surface area is 155 Å². The highest BCUT2D eigenvalue weighted by Crippen LogP contribution is 2.39. The number of aromatic nitrogens is 1. The summed E-state index contributed by atoms with van der Waals surface area (Å²) in [6.07, 6.45) is 0.951. The zero-order chi connectivity index (χ0) is 19.6. The number of fused-ring (bicyclic) bond motifs is 2. The van der Waals surface area contributed by atoms with Gasteiger partial charge in [-0.2, -0.15) is 0 Å². The molecule has 0 fully saturated rings. The predicted molar refractivity (Wildman–Crippen MR) is 103 cm³/mol. The second-order valence-electron chi connectivity index (χ2n) is 6.20. The van der Waals surface area contributed by atoms with Crippen molar-refractivity contribution in [2.45, 2.75) is 13.3 Å². The van der Waals surface area contributed by atoms with Gasteiger partial charge in [-0.15, -0.1) is 0 Å². The van der Waals surface area contributed by atoms with Gasteiger partial charge in [-0.25, -0.2) is 14.6 Å². The van der Waals surface area contributed by atoms with Gasteiger partial charge in [-0.1, -0.05) is 30.3 Å². The average Bonchev–Trinajstić information content (AvgIpc) is 3.06. The highest BCUT2D eigenvalue weighted by molar-refractivity contribution is 6.27. The van der Waals surface area contributed by atoms with Crippen LogP contribution in [0.4, 0.5) is 17.2 Å². The highest BCUT2D eigenvalue weighted by Gasteiger charge is 2.25. The van der Waals surface area contributed by atoms with E-state index in [0.717, 1.165) is 35.4 Å². The first-order valence-electron chi connectivity index (χ1n) is 8.36. The summed E-state index contributed by atoms with van der Waals surface area (Å²) in [6.45, 7) is 3.05. The number of nitrogens with two attached hydrogens (primary N) is 1. The Kier molecular flexibility index (Phi) is 4.94. The lowest BCUT2D eigenvalue weighted by Crippen LogP contribution is -2.14. The average molecular weight is 365 g/mol. The van der Waals surface area contributed by atoms with Crippen LogP contribution in [0.25, 0.3) is 10.9 Å². The van der Waals surface area contributed by atoms with Crippen LogP contribution in [0.3, 0.4) is 0 Å². The molecule has 0 spiro atoms. The molecule has 4 rings (SSSR count). The molecule has 7 nitrogen and oxygen atoms in total. The van der Waals surface area contributed by atoms with E-state index in [9.17, 15) is 0 Å². The number of carbonyl (C=O) groups is 2. The van der Waals surface area contributed by atoms with E-state index in [1.807, 2.05) is 24.3 Å². The van der Waals surface area contributed by atoms with Crippen molar-refractivity contribution < 1.29 is 19.8 Å². The molecule has 0 saturated carbocycles. The van der Waals surface area contributed by atoms with Crippen molar-refractivity contribution in [2.75, 3.05) is 17.2 Å². The fraction of sp³-hybridized carbons (Fsp3) is 0.150. The predicted octanol–water partition coefficient (Wildman–Crippen LogP) is 2.98. The van der Waals surface area contributed by atoms with E-state index < -0.39 is 11.9 Å². The van der Waals surface area contributed by atoms with Crippen LogP contribution in [0, 0.1) is 6.92 Å². The highest BCUT2D eigenvalue weighted by atomic mass is 16.4. The standard InChI is InChI=1S/C18H17N3.C2H2O4/c1-12-5-4-6-13(11-12)21-10-9-15-17(19)14-7-2-3-8-16(14)20-18(15)21;3-1(4)2(5)6/h2-8,11H,9-10H2,1H3,(H2,19,20);(H,3,4)(H,5,6). The van der Waals surface area contributed by atoms with Gasteiger partial charge in [0.05, 0.1) is 5.52 Å².